The van der Waals surface area contributed by atoms with Crippen molar-refractivity contribution in [3.8, 4) is 11.8 Å². The lowest BCUT2D eigenvalue weighted by Gasteiger charge is -2.24. The highest BCUT2D eigenvalue weighted by atomic mass is 16.2. The third kappa shape index (κ3) is 3.17. The molecule has 0 aliphatic carbocycles. The first-order valence-corrected chi connectivity index (χ1v) is 5.65. The number of hydrazone groups is 1. The highest BCUT2D eigenvalue weighted by molar-refractivity contribution is 5.93. The van der Waals surface area contributed by atoms with E-state index in [0.717, 1.165) is 12.8 Å². The SMILES string of the molecule is C=NN(C(C)=NC=N)[C@H]1CCN(C(=O)C#CC)C1. The Balaban J connectivity index is 2.72. The number of hydrogen-bond acceptors (Lipinski definition) is 3. The minimum absolute atomic E-state index is 0.0498. The standard InChI is InChI=1S/C12H17N5O/c1-4-5-12(18)16-7-6-11(8-16)17(14-3)10(2)15-9-13/h9,11,13H,3,6-8H2,1-2H3/t11-/m0/s1. The zero-order valence-corrected chi connectivity index (χ0v) is 10.7. The maximum absolute atomic E-state index is 11.6. The summed E-state index contributed by atoms with van der Waals surface area (Å²) < 4.78 is 0. The van der Waals surface area contributed by atoms with Gasteiger partial charge in [-0.25, -0.2) is 10.0 Å². The van der Waals surface area contributed by atoms with E-state index in [-0.39, 0.29) is 11.9 Å². The lowest BCUT2D eigenvalue weighted by molar-refractivity contribution is -0.124. The molecule has 0 unspecified atom stereocenters. The minimum atomic E-state index is -0.161. The minimum Gasteiger partial charge on any atom is -0.330 e. The van der Waals surface area contributed by atoms with Crippen LogP contribution in [0.3, 0.4) is 0 Å². The average molecular weight is 247 g/mol. The molecule has 96 valence electrons. The Bertz CT molecular complexity index is 431. The van der Waals surface area contributed by atoms with Crippen molar-refractivity contribution < 1.29 is 4.79 Å². The third-order valence-corrected chi connectivity index (χ3v) is 2.76. The number of amidine groups is 1. The molecule has 0 bridgehead atoms. The van der Waals surface area contributed by atoms with E-state index in [0.29, 0.717) is 18.9 Å². The van der Waals surface area contributed by atoms with Crippen molar-refractivity contribution in [2.45, 2.75) is 26.3 Å². The highest BCUT2D eigenvalue weighted by Gasteiger charge is 2.30. The van der Waals surface area contributed by atoms with Crippen molar-refractivity contribution >= 4 is 24.8 Å². The van der Waals surface area contributed by atoms with Gasteiger partial charge in [0.1, 0.15) is 12.2 Å². The number of carbonyl (C=O) groups excluding carboxylic acids is 1. The number of carbonyl (C=O) groups is 1. The van der Waals surface area contributed by atoms with Crippen LogP contribution in [-0.4, -0.2) is 53.8 Å². The number of rotatable bonds is 3. The fraction of sp³-hybridized carbons (Fsp3) is 0.500. The predicted molar refractivity (Wildman–Crippen MR) is 71.7 cm³/mol. The molecule has 1 saturated heterocycles. The molecule has 1 aliphatic rings. The number of likely N-dealkylation sites (tertiary alicyclic amines) is 1. The number of amides is 1. The summed E-state index contributed by atoms with van der Waals surface area (Å²) in [5.41, 5.74) is 0. The fourth-order valence-corrected chi connectivity index (χ4v) is 1.95. The van der Waals surface area contributed by atoms with Gasteiger partial charge in [-0.2, -0.15) is 5.10 Å². The first kappa shape index (κ1) is 13.9. The van der Waals surface area contributed by atoms with E-state index in [1.165, 1.54) is 0 Å². The summed E-state index contributed by atoms with van der Waals surface area (Å²) >= 11 is 0. The summed E-state index contributed by atoms with van der Waals surface area (Å²) in [6.07, 6.45) is 1.76. The molecule has 18 heavy (non-hydrogen) atoms. The van der Waals surface area contributed by atoms with Crippen molar-refractivity contribution in [1.82, 2.24) is 9.91 Å². The Kier molecular flexibility index (Phi) is 5.06. The van der Waals surface area contributed by atoms with Crippen LogP contribution in [0.25, 0.3) is 0 Å². The Labute approximate surface area is 107 Å². The lowest BCUT2D eigenvalue weighted by atomic mass is 10.2. The lowest BCUT2D eigenvalue weighted by Crippen LogP contribution is -2.38. The van der Waals surface area contributed by atoms with Gasteiger partial charge in [-0.1, -0.05) is 5.92 Å². The summed E-state index contributed by atoms with van der Waals surface area (Å²) in [7, 11) is 0. The zero-order valence-electron chi connectivity index (χ0n) is 10.7. The molecule has 0 saturated carbocycles. The summed E-state index contributed by atoms with van der Waals surface area (Å²) in [5.74, 6) is 5.56. The molecule has 0 radical (unpaired) electrons. The van der Waals surface area contributed by atoms with Gasteiger partial charge in [0.2, 0.25) is 0 Å². The molecule has 0 aromatic rings. The maximum atomic E-state index is 11.6. The summed E-state index contributed by atoms with van der Waals surface area (Å²) in [4.78, 5) is 17.2. The topological polar surface area (TPSA) is 72.1 Å². The van der Waals surface area contributed by atoms with Crippen LogP contribution >= 0.6 is 0 Å². The van der Waals surface area contributed by atoms with Gasteiger partial charge in [0.05, 0.1) is 6.04 Å². The Hall–Kier alpha value is -2.16. The van der Waals surface area contributed by atoms with Crippen LogP contribution in [0, 0.1) is 17.3 Å². The molecule has 0 aromatic heterocycles. The van der Waals surface area contributed by atoms with Crippen molar-refractivity contribution in [3.05, 3.63) is 0 Å². The van der Waals surface area contributed by atoms with E-state index in [2.05, 4.69) is 28.7 Å². The second-order valence-electron chi connectivity index (χ2n) is 3.86. The van der Waals surface area contributed by atoms with Gasteiger partial charge in [0.25, 0.3) is 5.91 Å². The molecular weight excluding hydrogens is 230 g/mol. The van der Waals surface area contributed by atoms with Gasteiger partial charge in [0, 0.05) is 19.8 Å². The van der Waals surface area contributed by atoms with Crippen molar-refractivity contribution in [2.75, 3.05) is 13.1 Å². The van der Waals surface area contributed by atoms with E-state index >= 15 is 0 Å². The van der Waals surface area contributed by atoms with E-state index < -0.39 is 0 Å². The Morgan fingerprint density at radius 2 is 2.39 bits per heavy atom. The molecule has 1 atom stereocenters. The molecule has 0 aromatic carbocycles. The number of hydrogen-bond donors (Lipinski definition) is 1. The largest absolute Gasteiger partial charge is 0.330 e. The fourth-order valence-electron chi connectivity index (χ4n) is 1.95. The molecule has 1 rings (SSSR count). The second-order valence-corrected chi connectivity index (χ2v) is 3.86. The normalized spacial score (nSPS) is 18.9. The van der Waals surface area contributed by atoms with E-state index in [9.17, 15) is 4.79 Å². The molecule has 6 heteroatoms. The smallest absolute Gasteiger partial charge is 0.298 e. The molecule has 1 N–H and O–H groups in total. The van der Waals surface area contributed by atoms with Gasteiger partial charge < -0.3 is 4.90 Å². The van der Waals surface area contributed by atoms with Crippen LogP contribution in [0.15, 0.2) is 10.1 Å². The molecular formula is C12H17N5O. The van der Waals surface area contributed by atoms with Crippen molar-refractivity contribution in [1.29, 1.82) is 5.41 Å². The Morgan fingerprint density at radius 3 is 2.94 bits per heavy atom. The number of aliphatic imine (C=N–C) groups is 1. The summed E-state index contributed by atoms with van der Waals surface area (Å²) in [6, 6.07) is 0.0498. The van der Waals surface area contributed by atoms with Crippen molar-refractivity contribution in [2.24, 2.45) is 10.1 Å². The van der Waals surface area contributed by atoms with Crippen LogP contribution in [-0.2, 0) is 4.79 Å². The van der Waals surface area contributed by atoms with Gasteiger partial charge in [-0.3, -0.25) is 10.2 Å². The first-order chi connectivity index (χ1) is 8.63. The Morgan fingerprint density at radius 1 is 1.67 bits per heavy atom. The van der Waals surface area contributed by atoms with Crippen LogP contribution in [0.5, 0.6) is 0 Å². The quantitative estimate of drug-likeness (QED) is 0.342. The summed E-state index contributed by atoms with van der Waals surface area (Å²) in [6.45, 7) is 8.11. The van der Waals surface area contributed by atoms with Crippen LogP contribution in [0.4, 0.5) is 0 Å². The highest BCUT2D eigenvalue weighted by Crippen LogP contribution is 2.16. The van der Waals surface area contributed by atoms with Gasteiger partial charge in [-0.05, 0) is 26.2 Å². The monoisotopic (exact) mass is 247 g/mol. The molecule has 6 nitrogen and oxygen atoms in total. The van der Waals surface area contributed by atoms with E-state index in [1.807, 2.05) is 0 Å². The maximum Gasteiger partial charge on any atom is 0.298 e. The van der Waals surface area contributed by atoms with Gasteiger partial charge in [0.15, 0.2) is 0 Å². The molecule has 0 spiro atoms. The zero-order chi connectivity index (χ0) is 13.5. The number of nitrogens with one attached hydrogen (secondary N) is 1. The second kappa shape index (κ2) is 6.55. The van der Waals surface area contributed by atoms with Crippen molar-refractivity contribution in [3.63, 3.8) is 0 Å². The summed E-state index contributed by atoms with van der Waals surface area (Å²) in [5, 5.41) is 12.5. The van der Waals surface area contributed by atoms with E-state index in [4.69, 9.17) is 5.41 Å². The third-order valence-electron chi connectivity index (χ3n) is 2.76. The van der Waals surface area contributed by atoms with E-state index in [1.54, 1.807) is 23.8 Å². The van der Waals surface area contributed by atoms with Crippen LogP contribution in [0.1, 0.15) is 20.3 Å². The van der Waals surface area contributed by atoms with Crippen LogP contribution in [0.2, 0.25) is 0 Å². The average Bonchev–Trinajstić information content (AvgIpc) is 2.80. The number of nitrogens with zero attached hydrogens (tertiary/aromatic N) is 4. The molecule has 1 aliphatic heterocycles. The molecule has 1 amide bonds. The molecule has 1 fully saturated rings. The first-order valence-electron chi connectivity index (χ1n) is 5.65. The predicted octanol–water partition coefficient (Wildman–Crippen LogP) is 0.554. The van der Waals surface area contributed by atoms with Crippen LogP contribution < -0.4 is 0 Å². The molecule has 1 heterocycles. The van der Waals surface area contributed by atoms with Gasteiger partial charge >= 0.3 is 0 Å². The van der Waals surface area contributed by atoms with Gasteiger partial charge in [-0.15, -0.1) is 0 Å².